The van der Waals surface area contributed by atoms with Crippen molar-refractivity contribution in [2.24, 2.45) is 5.92 Å². The fraction of sp³-hybridized carbons (Fsp3) is 0.409. The van der Waals surface area contributed by atoms with Crippen LogP contribution in [0.25, 0.3) is 0 Å². The van der Waals surface area contributed by atoms with Gasteiger partial charge in [-0.05, 0) is 69.5 Å². The number of nitrogens with zero attached hydrogens (tertiary/aromatic N) is 3. The van der Waals surface area contributed by atoms with Gasteiger partial charge in [-0.1, -0.05) is 23.9 Å². The van der Waals surface area contributed by atoms with E-state index in [9.17, 15) is 9.90 Å². The maximum Gasteiger partial charge on any atom is 0.186 e. The molecule has 4 rings (SSSR count). The molecular formula is C22H26N4O2S. The normalized spacial score (nSPS) is 17.6. The van der Waals surface area contributed by atoms with Crippen molar-refractivity contribution < 1.29 is 9.90 Å². The summed E-state index contributed by atoms with van der Waals surface area (Å²) in [6.07, 6.45) is 8.99. The van der Waals surface area contributed by atoms with Crippen molar-refractivity contribution >= 4 is 29.1 Å². The molecule has 6 nitrogen and oxygen atoms in total. The number of ketones is 1. The number of aromatic nitrogens is 2. The van der Waals surface area contributed by atoms with Gasteiger partial charge in [-0.3, -0.25) is 9.69 Å². The number of hydrogen-bond acceptors (Lipinski definition) is 7. The van der Waals surface area contributed by atoms with E-state index in [2.05, 4.69) is 38.4 Å². The third-order valence-electron chi connectivity index (χ3n) is 5.33. The van der Waals surface area contributed by atoms with E-state index >= 15 is 0 Å². The number of carbonyl (C=O) groups is 1. The molecule has 2 N–H and O–H groups in total. The zero-order valence-electron chi connectivity index (χ0n) is 16.8. The molecule has 0 aliphatic carbocycles. The Morgan fingerprint density at radius 1 is 1.31 bits per heavy atom. The molecule has 0 unspecified atom stereocenters. The summed E-state index contributed by atoms with van der Waals surface area (Å²) in [4.78, 5) is 24.2. The number of likely N-dealkylation sites (tertiary alicyclic amines) is 1. The molecule has 2 aromatic rings. The Morgan fingerprint density at radius 3 is 2.83 bits per heavy atom. The first-order chi connectivity index (χ1) is 13.9. The van der Waals surface area contributed by atoms with Gasteiger partial charge in [0.2, 0.25) is 0 Å². The van der Waals surface area contributed by atoms with Gasteiger partial charge in [0.1, 0.15) is 10.6 Å². The van der Waals surface area contributed by atoms with E-state index in [4.69, 9.17) is 0 Å². The van der Waals surface area contributed by atoms with Gasteiger partial charge < -0.3 is 10.4 Å². The number of rotatable bonds is 5. The van der Waals surface area contributed by atoms with Gasteiger partial charge in [-0.15, -0.1) is 0 Å². The lowest BCUT2D eigenvalue weighted by Gasteiger charge is -2.31. The topological polar surface area (TPSA) is 78.4 Å². The molecule has 1 fully saturated rings. The van der Waals surface area contributed by atoms with E-state index in [-0.39, 0.29) is 5.78 Å². The fourth-order valence-corrected chi connectivity index (χ4v) is 4.45. The van der Waals surface area contributed by atoms with Crippen LogP contribution >= 0.6 is 11.8 Å². The van der Waals surface area contributed by atoms with Crippen molar-refractivity contribution in [3.05, 3.63) is 48.3 Å². The Bertz CT molecular complexity index is 931. The molecular weight excluding hydrogens is 384 g/mol. The lowest BCUT2D eigenvalue weighted by atomic mass is 9.94. The summed E-state index contributed by atoms with van der Waals surface area (Å²) in [5.74, 6) is 0.982. The number of benzene rings is 1. The van der Waals surface area contributed by atoms with Crippen LogP contribution < -0.4 is 5.32 Å². The smallest absolute Gasteiger partial charge is 0.186 e. The first kappa shape index (κ1) is 20.1. The van der Waals surface area contributed by atoms with Crippen LogP contribution in [0.5, 0.6) is 0 Å². The number of piperidine rings is 1. The third kappa shape index (κ3) is 4.86. The average Bonchev–Trinajstić information content (AvgIpc) is 2.70. The lowest BCUT2D eigenvalue weighted by molar-refractivity contribution is -0.128. The van der Waals surface area contributed by atoms with Crippen molar-refractivity contribution in [3.63, 3.8) is 0 Å². The predicted molar refractivity (Wildman–Crippen MR) is 114 cm³/mol. The number of allylic oxidation sites excluding steroid dienone is 1. The second kappa shape index (κ2) is 8.26. The van der Waals surface area contributed by atoms with Crippen LogP contribution in [0.1, 0.15) is 32.3 Å². The highest BCUT2D eigenvalue weighted by Gasteiger charge is 2.23. The van der Waals surface area contributed by atoms with Crippen LogP contribution in [0.2, 0.25) is 0 Å². The molecule has 2 aliphatic heterocycles. The largest absolute Gasteiger partial charge is 0.382 e. The van der Waals surface area contributed by atoms with Crippen LogP contribution in [-0.4, -0.2) is 44.4 Å². The van der Waals surface area contributed by atoms with E-state index in [1.54, 1.807) is 30.2 Å². The summed E-state index contributed by atoms with van der Waals surface area (Å²) < 4.78 is 0. The maximum absolute atomic E-state index is 11.8. The van der Waals surface area contributed by atoms with Gasteiger partial charge in [-0.2, -0.15) is 0 Å². The second-order valence-corrected chi connectivity index (χ2v) is 9.19. The first-order valence-electron chi connectivity index (χ1n) is 9.95. The summed E-state index contributed by atoms with van der Waals surface area (Å²) in [6, 6.07) is 6.54. The number of anilines is 2. The standard InChI is InChI=1S/C22H26N4O2S/c1-22(2,28)19(27)6-4-15-7-11-26(12-8-15)14-16-3-5-18-17(13-16)25-20-21(29-18)24-10-9-23-20/h3-6,9-10,13,15,28H,7-8,11-12,14H2,1-2H3,(H,23,25)/b6-4+. The minimum atomic E-state index is -1.29. The number of fused-ring (bicyclic) bond motifs is 2. The van der Waals surface area contributed by atoms with Crippen molar-refractivity contribution in [3.8, 4) is 0 Å². The highest BCUT2D eigenvalue weighted by molar-refractivity contribution is 7.99. The lowest BCUT2D eigenvalue weighted by Crippen LogP contribution is -2.33. The molecule has 0 radical (unpaired) electrons. The molecule has 0 saturated carbocycles. The van der Waals surface area contributed by atoms with Gasteiger partial charge in [0.25, 0.3) is 0 Å². The van der Waals surface area contributed by atoms with Gasteiger partial charge >= 0.3 is 0 Å². The first-order valence-corrected chi connectivity index (χ1v) is 10.8. The highest BCUT2D eigenvalue weighted by atomic mass is 32.2. The molecule has 1 aromatic carbocycles. The molecule has 152 valence electrons. The molecule has 29 heavy (non-hydrogen) atoms. The molecule has 0 spiro atoms. The summed E-state index contributed by atoms with van der Waals surface area (Å²) in [5, 5.41) is 14.0. The molecule has 3 heterocycles. The summed E-state index contributed by atoms with van der Waals surface area (Å²) >= 11 is 1.64. The zero-order chi connectivity index (χ0) is 20.4. The number of nitrogens with one attached hydrogen (secondary N) is 1. The zero-order valence-corrected chi connectivity index (χ0v) is 17.6. The minimum absolute atomic E-state index is 0.231. The van der Waals surface area contributed by atoms with Crippen molar-refractivity contribution in [2.75, 3.05) is 18.4 Å². The molecule has 0 atom stereocenters. The van der Waals surface area contributed by atoms with Gasteiger partial charge in [0.15, 0.2) is 11.6 Å². The minimum Gasteiger partial charge on any atom is -0.382 e. The SMILES string of the molecule is CC(C)(O)C(=O)/C=C/C1CCN(Cc2ccc3c(c2)Nc2nccnc2S3)CC1. The molecule has 0 amide bonds. The third-order valence-corrected chi connectivity index (χ3v) is 6.40. The van der Waals surface area contributed by atoms with Gasteiger partial charge in [-0.25, -0.2) is 9.97 Å². The molecule has 0 bridgehead atoms. The Morgan fingerprint density at radius 2 is 2.07 bits per heavy atom. The molecule has 7 heteroatoms. The van der Waals surface area contributed by atoms with Crippen molar-refractivity contribution in [2.45, 2.75) is 48.8 Å². The van der Waals surface area contributed by atoms with E-state index in [1.165, 1.54) is 24.3 Å². The Kier molecular flexibility index (Phi) is 5.72. The van der Waals surface area contributed by atoms with E-state index in [0.717, 1.165) is 49.0 Å². The van der Waals surface area contributed by atoms with E-state index < -0.39 is 5.60 Å². The van der Waals surface area contributed by atoms with E-state index in [0.29, 0.717) is 5.92 Å². The maximum atomic E-state index is 11.8. The Labute approximate surface area is 175 Å². The number of aliphatic hydroxyl groups is 1. The highest BCUT2D eigenvalue weighted by Crippen LogP contribution is 2.42. The van der Waals surface area contributed by atoms with Crippen LogP contribution in [0, 0.1) is 5.92 Å². The summed E-state index contributed by atoms with van der Waals surface area (Å²) in [7, 11) is 0. The quantitative estimate of drug-likeness (QED) is 0.620. The predicted octanol–water partition coefficient (Wildman–Crippen LogP) is 3.79. The van der Waals surface area contributed by atoms with Crippen molar-refractivity contribution in [1.82, 2.24) is 14.9 Å². The van der Waals surface area contributed by atoms with Crippen molar-refractivity contribution in [1.29, 1.82) is 0 Å². The summed E-state index contributed by atoms with van der Waals surface area (Å²) in [5.41, 5.74) is 1.07. The second-order valence-electron chi connectivity index (χ2n) is 8.16. The Balaban J connectivity index is 1.33. The Hall–Kier alpha value is -2.22. The molecule has 1 saturated heterocycles. The summed E-state index contributed by atoms with van der Waals surface area (Å²) in [6.45, 7) is 5.96. The number of carbonyl (C=O) groups excluding carboxylic acids is 1. The fourth-order valence-electron chi connectivity index (χ4n) is 3.57. The average molecular weight is 411 g/mol. The van der Waals surface area contributed by atoms with Gasteiger partial charge in [0.05, 0.1) is 5.69 Å². The van der Waals surface area contributed by atoms with Crippen LogP contribution in [0.3, 0.4) is 0 Å². The number of hydrogen-bond donors (Lipinski definition) is 2. The van der Waals surface area contributed by atoms with E-state index in [1.807, 2.05) is 6.08 Å². The van der Waals surface area contributed by atoms with Crippen LogP contribution in [0.15, 0.2) is 52.7 Å². The van der Waals surface area contributed by atoms with Crippen LogP contribution in [-0.2, 0) is 11.3 Å². The van der Waals surface area contributed by atoms with Crippen LogP contribution in [0.4, 0.5) is 11.5 Å². The monoisotopic (exact) mass is 410 g/mol. The molecule has 1 aromatic heterocycles. The molecule has 2 aliphatic rings. The van der Waals surface area contributed by atoms with Gasteiger partial charge in [0, 0.05) is 23.8 Å².